The smallest absolute Gasteiger partial charge is 0.457 e. The average Bonchev–Trinajstić information content (AvgIpc) is 3.16. The summed E-state index contributed by atoms with van der Waals surface area (Å²) in [6.45, 7) is 5.45. The molecule has 1 N–H and O–H groups in total. The minimum absolute atomic E-state index is 0.0845. The zero-order chi connectivity index (χ0) is 42.0. The van der Waals surface area contributed by atoms with Crippen LogP contribution < -0.4 is 0 Å². The third-order valence-electron chi connectivity index (χ3n) is 9.56. The number of hydrogen-bond donors (Lipinski definition) is 1. The zero-order valence-electron chi connectivity index (χ0n) is 37.6. The van der Waals surface area contributed by atoms with Gasteiger partial charge in [-0.2, -0.15) is 0 Å². The van der Waals surface area contributed by atoms with Crippen molar-refractivity contribution >= 4 is 13.8 Å². The van der Waals surface area contributed by atoms with Crippen molar-refractivity contribution in [2.24, 2.45) is 0 Å². The van der Waals surface area contributed by atoms with Crippen molar-refractivity contribution in [3.05, 3.63) is 60.8 Å². The van der Waals surface area contributed by atoms with Gasteiger partial charge in [-0.15, -0.1) is 0 Å². The highest BCUT2D eigenvalue weighted by molar-refractivity contribution is 7.47. The van der Waals surface area contributed by atoms with Gasteiger partial charge in [0.1, 0.15) is 19.3 Å². The Hall–Kier alpha value is -1.80. The van der Waals surface area contributed by atoms with Gasteiger partial charge in [-0.25, -0.2) is 4.57 Å². The van der Waals surface area contributed by atoms with Crippen LogP contribution in [0, 0.1) is 0 Å². The van der Waals surface area contributed by atoms with Crippen LogP contribution in [0.1, 0.15) is 181 Å². The second-order valence-corrected chi connectivity index (χ2v) is 17.9. The van der Waals surface area contributed by atoms with Crippen molar-refractivity contribution in [1.82, 2.24) is 0 Å². The number of carbonyl (C=O) groups is 1. The number of carbonyl (C=O) groups excluding carboxylic acids is 1. The number of phosphoric ester groups is 1. The quantitative estimate of drug-likeness (QED) is 0.0215. The molecule has 0 bridgehead atoms. The van der Waals surface area contributed by atoms with Crippen molar-refractivity contribution in [2.45, 2.75) is 187 Å². The van der Waals surface area contributed by atoms with E-state index in [0.29, 0.717) is 24.1 Å². The van der Waals surface area contributed by atoms with E-state index in [1.165, 1.54) is 89.9 Å². The van der Waals surface area contributed by atoms with Crippen LogP contribution >= 0.6 is 7.82 Å². The molecule has 0 aromatic heterocycles. The second kappa shape index (κ2) is 41.0. The summed E-state index contributed by atoms with van der Waals surface area (Å²) in [4.78, 5) is 22.8. The lowest BCUT2D eigenvalue weighted by Gasteiger charge is -2.24. The molecular weight excluding hydrogens is 734 g/mol. The molecule has 0 aliphatic heterocycles. The van der Waals surface area contributed by atoms with Crippen LogP contribution in [0.5, 0.6) is 0 Å². The van der Waals surface area contributed by atoms with Crippen LogP contribution in [0.4, 0.5) is 0 Å². The van der Waals surface area contributed by atoms with Gasteiger partial charge in [0.05, 0.1) is 34.4 Å². The fourth-order valence-corrected chi connectivity index (χ4v) is 6.74. The van der Waals surface area contributed by atoms with Gasteiger partial charge in [-0.05, 0) is 70.6 Å². The van der Waals surface area contributed by atoms with Crippen molar-refractivity contribution in [1.29, 1.82) is 0 Å². The normalized spacial score (nSPS) is 14.3. The summed E-state index contributed by atoms with van der Waals surface area (Å²) < 4.78 is 35.0. The van der Waals surface area contributed by atoms with Crippen molar-refractivity contribution in [2.75, 3.05) is 54.1 Å². The third kappa shape index (κ3) is 45.1. The van der Waals surface area contributed by atoms with E-state index in [1.54, 1.807) is 0 Å². The Morgan fingerprint density at radius 1 is 0.561 bits per heavy atom. The van der Waals surface area contributed by atoms with Crippen molar-refractivity contribution in [3.63, 3.8) is 0 Å². The summed E-state index contributed by atoms with van der Waals surface area (Å²) in [6.07, 6.45) is 51.2. The van der Waals surface area contributed by atoms with E-state index in [-0.39, 0.29) is 25.8 Å². The molecule has 0 fully saturated rings. The van der Waals surface area contributed by atoms with Crippen molar-refractivity contribution < 1.29 is 37.3 Å². The Kier molecular flexibility index (Phi) is 39.7. The van der Waals surface area contributed by atoms with Gasteiger partial charge in [0.25, 0.3) is 0 Å². The van der Waals surface area contributed by atoms with E-state index in [4.69, 9.17) is 18.5 Å². The number of likely N-dealkylation sites (N-methyl/N-ethyl adjacent to an activating group) is 1. The topological polar surface area (TPSA) is 91.3 Å². The van der Waals surface area contributed by atoms with Gasteiger partial charge in [-0.3, -0.25) is 13.8 Å². The van der Waals surface area contributed by atoms with Gasteiger partial charge in [0, 0.05) is 13.0 Å². The number of nitrogens with zero attached hydrogens (tertiary/aromatic N) is 1. The maximum atomic E-state index is 12.7. The third-order valence-corrected chi connectivity index (χ3v) is 10.5. The highest BCUT2D eigenvalue weighted by Crippen LogP contribution is 2.43. The van der Waals surface area contributed by atoms with E-state index >= 15 is 0 Å². The molecule has 0 saturated heterocycles. The van der Waals surface area contributed by atoms with Gasteiger partial charge in [0.15, 0.2) is 0 Å². The van der Waals surface area contributed by atoms with Gasteiger partial charge in [0.2, 0.25) is 0 Å². The standard InChI is InChI=1S/C48H88NO7P/c1-6-8-10-12-14-16-18-19-20-21-22-23-24-25-26-27-28-29-30-32-34-36-38-40-43-53-45-47(46-55-57(51,52)54-44-42-49(3,4)5)56-48(50)41-39-37-35-33-31-17-15-13-11-9-7-2/h8,10,13-16,19-20,22-23,47H,6-7,9,11-12,17-18,21,24-46H2,1-5H3/p+1/b10-8-,15-13-,16-14-,20-19-,23-22-. The van der Waals surface area contributed by atoms with Crippen LogP contribution in [-0.2, 0) is 27.9 Å². The van der Waals surface area contributed by atoms with E-state index in [0.717, 1.165) is 70.6 Å². The Labute approximate surface area is 351 Å². The van der Waals surface area contributed by atoms with Crippen molar-refractivity contribution in [3.8, 4) is 0 Å². The molecular formula is C48H89NO7P+. The van der Waals surface area contributed by atoms with Crippen LogP contribution in [0.25, 0.3) is 0 Å². The highest BCUT2D eigenvalue weighted by atomic mass is 31.2. The molecule has 0 heterocycles. The lowest BCUT2D eigenvalue weighted by atomic mass is 10.1. The van der Waals surface area contributed by atoms with E-state index in [2.05, 4.69) is 74.6 Å². The first-order chi connectivity index (χ1) is 27.6. The Morgan fingerprint density at radius 2 is 1.02 bits per heavy atom. The fraction of sp³-hybridized carbons (Fsp3) is 0.771. The largest absolute Gasteiger partial charge is 0.472 e. The molecule has 2 atom stereocenters. The van der Waals surface area contributed by atoms with Gasteiger partial charge in [-0.1, -0.05) is 164 Å². The molecule has 8 nitrogen and oxygen atoms in total. The number of allylic oxidation sites excluding steroid dienone is 10. The number of unbranched alkanes of at least 4 members (excludes halogenated alkanes) is 18. The number of phosphoric acid groups is 1. The summed E-state index contributed by atoms with van der Waals surface area (Å²) in [5.74, 6) is -0.327. The molecule has 0 radical (unpaired) electrons. The molecule has 9 heteroatoms. The molecule has 57 heavy (non-hydrogen) atoms. The monoisotopic (exact) mass is 823 g/mol. The first-order valence-corrected chi connectivity index (χ1v) is 24.5. The van der Waals surface area contributed by atoms with Crippen LogP contribution in [0.15, 0.2) is 60.8 Å². The molecule has 0 aliphatic carbocycles. The molecule has 332 valence electrons. The first-order valence-electron chi connectivity index (χ1n) is 23.0. The molecule has 0 aliphatic rings. The molecule has 2 unspecified atom stereocenters. The molecule has 0 spiro atoms. The summed E-state index contributed by atoms with van der Waals surface area (Å²) in [5.41, 5.74) is 0. The lowest BCUT2D eigenvalue weighted by Crippen LogP contribution is -2.37. The molecule has 0 aromatic rings. The molecule has 0 saturated carbocycles. The van der Waals surface area contributed by atoms with E-state index < -0.39 is 13.9 Å². The minimum Gasteiger partial charge on any atom is -0.457 e. The highest BCUT2D eigenvalue weighted by Gasteiger charge is 2.26. The predicted molar refractivity (Wildman–Crippen MR) is 242 cm³/mol. The van der Waals surface area contributed by atoms with Gasteiger partial charge >= 0.3 is 13.8 Å². The summed E-state index contributed by atoms with van der Waals surface area (Å²) in [6, 6.07) is 0. The zero-order valence-corrected chi connectivity index (χ0v) is 38.5. The molecule has 0 rings (SSSR count). The average molecular weight is 823 g/mol. The fourth-order valence-electron chi connectivity index (χ4n) is 5.99. The van der Waals surface area contributed by atoms with Gasteiger partial charge < -0.3 is 18.9 Å². The number of quaternary nitrogens is 1. The molecule has 0 amide bonds. The van der Waals surface area contributed by atoms with E-state index in [1.807, 2.05) is 21.1 Å². The second-order valence-electron chi connectivity index (χ2n) is 16.4. The number of rotatable bonds is 42. The predicted octanol–water partition coefficient (Wildman–Crippen LogP) is 13.7. The van der Waals surface area contributed by atoms with Crippen LogP contribution in [-0.4, -0.2) is 75.6 Å². The number of ether oxygens (including phenoxy) is 2. The van der Waals surface area contributed by atoms with E-state index in [9.17, 15) is 14.3 Å². The summed E-state index contributed by atoms with van der Waals surface area (Å²) in [7, 11) is 1.65. The Bertz CT molecular complexity index is 1090. The maximum Gasteiger partial charge on any atom is 0.472 e. The SMILES string of the molecule is CC/C=C\C/C=C\C/C=C\C/C=C\CCCCCCCCCCCCCOCC(COP(=O)(O)OCC[N+](C)(C)C)OC(=O)CCCCCCC/C=C\CCCC. The maximum absolute atomic E-state index is 12.7. The number of esters is 1. The minimum atomic E-state index is -4.28. The van der Waals surface area contributed by atoms with Crippen LogP contribution in [0.2, 0.25) is 0 Å². The summed E-state index contributed by atoms with van der Waals surface area (Å²) in [5, 5.41) is 0. The lowest BCUT2D eigenvalue weighted by molar-refractivity contribution is -0.870. The Morgan fingerprint density at radius 3 is 1.54 bits per heavy atom. The molecule has 0 aromatic carbocycles. The van der Waals surface area contributed by atoms with Crippen LogP contribution in [0.3, 0.4) is 0 Å². The number of hydrogen-bond acceptors (Lipinski definition) is 6. The summed E-state index contributed by atoms with van der Waals surface area (Å²) >= 11 is 0. The Balaban J connectivity index is 4.11. The first kappa shape index (κ1) is 55.2.